The van der Waals surface area contributed by atoms with Gasteiger partial charge >= 0.3 is 0 Å². The first-order valence-corrected chi connectivity index (χ1v) is 8.64. The predicted octanol–water partition coefficient (Wildman–Crippen LogP) is 4.49. The number of aldehydes is 1. The predicted molar refractivity (Wildman–Crippen MR) is 86.1 cm³/mol. The lowest BCUT2D eigenvalue weighted by Crippen LogP contribution is -2.26. The second kappa shape index (κ2) is 7.21. The Morgan fingerprint density at radius 2 is 2.10 bits per heavy atom. The Bertz CT molecular complexity index is 438. The van der Waals surface area contributed by atoms with Gasteiger partial charge in [0, 0.05) is 13.6 Å². The highest BCUT2D eigenvalue weighted by Crippen LogP contribution is 2.32. The summed E-state index contributed by atoms with van der Waals surface area (Å²) in [5.74, 6) is 1.16. The largest absolute Gasteiger partial charge is 0.351 e. The molecule has 0 saturated heterocycles. The summed E-state index contributed by atoms with van der Waals surface area (Å²) in [7, 11) is 2.11. The zero-order chi connectivity index (χ0) is 14.5. The van der Waals surface area contributed by atoms with E-state index in [1.54, 1.807) is 11.3 Å². The molecule has 0 amide bonds. The third kappa shape index (κ3) is 3.60. The van der Waals surface area contributed by atoms with Gasteiger partial charge in [0.2, 0.25) is 0 Å². The molecule has 20 heavy (non-hydrogen) atoms. The topological polar surface area (TPSA) is 33.2 Å². The molecule has 0 radical (unpaired) electrons. The molecule has 1 aliphatic rings. The number of anilines is 1. The first-order chi connectivity index (χ1) is 9.65. The molecule has 1 atom stereocenters. The van der Waals surface area contributed by atoms with Gasteiger partial charge in [-0.25, -0.2) is 4.98 Å². The number of carbonyl (C=O) groups excluding carboxylic acids is 1. The van der Waals surface area contributed by atoms with E-state index in [2.05, 4.69) is 25.8 Å². The van der Waals surface area contributed by atoms with Crippen molar-refractivity contribution in [3.8, 4) is 0 Å². The van der Waals surface area contributed by atoms with Gasteiger partial charge in [0.05, 0.1) is 10.6 Å². The van der Waals surface area contributed by atoms with Gasteiger partial charge in [-0.15, -0.1) is 0 Å². The van der Waals surface area contributed by atoms with Crippen molar-refractivity contribution in [3.05, 3.63) is 10.6 Å². The first-order valence-electron chi connectivity index (χ1n) is 7.82. The van der Waals surface area contributed by atoms with E-state index in [0.717, 1.165) is 40.9 Å². The second-order valence-electron chi connectivity index (χ2n) is 6.06. The zero-order valence-corrected chi connectivity index (χ0v) is 13.7. The van der Waals surface area contributed by atoms with E-state index >= 15 is 0 Å². The Balaban J connectivity index is 2.07. The Labute approximate surface area is 126 Å². The summed E-state index contributed by atoms with van der Waals surface area (Å²) in [5, 5.41) is 1.01. The van der Waals surface area contributed by atoms with Crippen molar-refractivity contribution in [2.75, 3.05) is 18.5 Å². The standard InChI is InChI=1S/C16H26N2OS/c1-4-12(2)15-14(11-19)20-16(17-15)18(3)10-13-8-6-5-7-9-13/h11-13H,4-10H2,1-3H3. The SMILES string of the molecule is CCC(C)c1nc(N(C)CC2CCCCC2)sc1C=O. The summed E-state index contributed by atoms with van der Waals surface area (Å²) in [6.07, 6.45) is 8.81. The van der Waals surface area contributed by atoms with Gasteiger partial charge in [0.25, 0.3) is 0 Å². The summed E-state index contributed by atoms with van der Waals surface area (Å²) >= 11 is 1.55. The molecule has 4 heteroatoms. The number of carbonyl (C=O) groups is 1. The second-order valence-corrected chi connectivity index (χ2v) is 7.07. The summed E-state index contributed by atoms with van der Waals surface area (Å²) in [6, 6.07) is 0. The Hall–Kier alpha value is -0.900. The Kier molecular flexibility index (Phi) is 5.58. The Morgan fingerprint density at radius 3 is 2.70 bits per heavy atom. The lowest BCUT2D eigenvalue weighted by atomic mass is 9.89. The summed E-state index contributed by atoms with van der Waals surface area (Å²) in [4.78, 5) is 19.0. The molecule has 2 rings (SSSR count). The minimum Gasteiger partial charge on any atom is -0.351 e. The summed E-state index contributed by atoms with van der Waals surface area (Å²) < 4.78 is 0. The number of hydrogen-bond donors (Lipinski definition) is 0. The van der Waals surface area contributed by atoms with Crippen LogP contribution >= 0.6 is 11.3 Å². The fraction of sp³-hybridized carbons (Fsp3) is 0.750. The average Bonchev–Trinajstić information content (AvgIpc) is 2.92. The van der Waals surface area contributed by atoms with Gasteiger partial charge in [-0.05, 0) is 31.1 Å². The van der Waals surface area contributed by atoms with Gasteiger partial charge in [0.15, 0.2) is 11.4 Å². The third-order valence-electron chi connectivity index (χ3n) is 4.44. The van der Waals surface area contributed by atoms with E-state index < -0.39 is 0 Å². The van der Waals surface area contributed by atoms with Crippen molar-refractivity contribution in [1.29, 1.82) is 0 Å². The normalized spacial score (nSPS) is 17.9. The number of rotatable bonds is 6. The molecule has 1 heterocycles. The molecular formula is C16H26N2OS. The molecule has 1 aliphatic carbocycles. The van der Waals surface area contributed by atoms with Crippen LogP contribution in [0.4, 0.5) is 5.13 Å². The molecule has 0 bridgehead atoms. The van der Waals surface area contributed by atoms with Gasteiger partial charge in [-0.1, -0.05) is 44.4 Å². The van der Waals surface area contributed by atoms with Crippen LogP contribution < -0.4 is 4.90 Å². The summed E-state index contributed by atoms with van der Waals surface area (Å²) in [5.41, 5.74) is 0.984. The third-order valence-corrected chi connectivity index (χ3v) is 5.55. The molecule has 3 nitrogen and oxygen atoms in total. The molecule has 0 spiro atoms. The maximum absolute atomic E-state index is 11.2. The first kappa shape index (κ1) is 15.5. The smallest absolute Gasteiger partial charge is 0.185 e. The maximum Gasteiger partial charge on any atom is 0.185 e. The molecule has 0 N–H and O–H groups in total. The molecule has 1 saturated carbocycles. The van der Waals surface area contributed by atoms with Crippen LogP contribution in [0.1, 0.15) is 73.7 Å². The van der Waals surface area contributed by atoms with Crippen LogP contribution in [0.3, 0.4) is 0 Å². The van der Waals surface area contributed by atoms with Crippen molar-refractivity contribution in [1.82, 2.24) is 4.98 Å². The molecule has 0 aromatic carbocycles. The van der Waals surface area contributed by atoms with Crippen LogP contribution in [0.2, 0.25) is 0 Å². The highest BCUT2D eigenvalue weighted by Gasteiger charge is 2.20. The van der Waals surface area contributed by atoms with Gasteiger partial charge < -0.3 is 4.90 Å². The van der Waals surface area contributed by atoms with E-state index in [-0.39, 0.29) is 0 Å². The number of aromatic nitrogens is 1. The van der Waals surface area contributed by atoms with E-state index in [0.29, 0.717) is 5.92 Å². The van der Waals surface area contributed by atoms with Crippen LogP contribution in [-0.2, 0) is 0 Å². The highest BCUT2D eigenvalue weighted by atomic mass is 32.1. The lowest BCUT2D eigenvalue weighted by Gasteiger charge is -2.26. The van der Waals surface area contributed by atoms with E-state index in [1.807, 2.05) is 0 Å². The van der Waals surface area contributed by atoms with E-state index in [1.165, 1.54) is 32.1 Å². The fourth-order valence-corrected chi connectivity index (χ4v) is 3.93. The molecule has 0 aliphatic heterocycles. The number of hydrogen-bond acceptors (Lipinski definition) is 4. The van der Waals surface area contributed by atoms with Gasteiger partial charge in [-0.3, -0.25) is 4.79 Å². The zero-order valence-electron chi connectivity index (χ0n) is 12.9. The van der Waals surface area contributed by atoms with Crippen LogP contribution in [-0.4, -0.2) is 24.9 Å². The molecular weight excluding hydrogens is 268 g/mol. The van der Waals surface area contributed by atoms with E-state index in [9.17, 15) is 4.79 Å². The minimum absolute atomic E-state index is 0.364. The lowest BCUT2D eigenvalue weighted by molar-refractivity contribution is 0.112. The summed E-state index contributed by atoms with van der Waals surface area (Å²) in [6.45, 7) is 5.36. The number of thiazole rings is 1. The van der Waals surface area contributed by atoms with Crippen molar-refractivity contribution in [2.24, 2.45) is 5.92 Å². The minimum atomic E-state index is 0.364. The fourth-order valence-electron chi connectivity index (χ4n) is 2.96. The average molecular weight is 294 g/mol. The molecule has 1 unspecified atom stereocenters. The van der Waals surface area contributed by atoms with Crippen molar-refractivity contribution in [2.45, 2.75) is 58.3 Å². The van der Waals surface area contributed by atoms with Gasteiger partial charge in [-0.2, -0.15) is 0 Å². The quantitative estimate of drug-likeness (QED) is 0.725. The monoisotopic (exact) mass is 294 g/mol. The van der Waals surface area contributed by atoms with Crippen LogP contribution in [0, 0.1) is 5.92 Å². The van der Waals surface area contributed by atoms with Crippen LogP contribution in [0.15, 0.2) is 0 Å². The van der Waals surface area contributed by atoms with Gasteiger partial charge in [0.1, 0.15) is 0 Å². The van der Waals surface area contributed by atoms with E-state index in [4.69, 9.17) is 4.98 Å². The number of nitrogens with zero attached hydrogens (tertiary/aromatic N) is 2. The molecule has 112 valence electrons. The van der Waals surface area contributed by atoms with Crippen molar-refractivity contribution in [3.63, 3.8) is 0 Å². The maximum atomic E-state index is 11.2. The molecule has 1 fully saturated rings. The van der Waals surface area contributed by atoms with Crippen molar-refractivity contribution < 1.29 is 4.79 Å². The van der Waals surface area contributed by atoms with Crippen molar-refractivity contribution >= 4 is 22.8 Å². The molecule has 1 aromatic heterocycles. The highest BCUT2D eigenvalue weighted by molar-refractivity contribution is 7.17. The Morgan fingerprint density at radius 1 is 1.40 bits per heavy atom. The van der Waals surface area contributed by atoms with Crippen LogP contribution in [0.25, 0.3) is 0 Å². The molecule has 1 aromatic rings. The van der Waals surface area contributed by atoms with Crippen LogP contribution in [0.5, 0.6) is 0 Å².